The van der Waals surface area contributed by atoms with Gasteiger partial charge in [-0.1, -0.05) is 6.07 Å². The lowest BCUT2D eigenvalue weighted by Crippen LogP contribution is -2.36. The van der Waals surface area contributed by atoms with Crippen molar-refractivity contribution in [3.63, 3.8) is 0 Å². The Morgan fingerprint density at radius 1 is 1.00 bits per heavy atom. The number of nitrogens with one attached hydrogen (secondary N) is 2. The zero-order chi connectivity index (χ0) is 22.4. The Balaban J connectivity index is 1.68. The third kappa shape index (κ3) is 5.80. The SMILES string of the molecule is CN=C(NCc1cc2c(cc1OC(F)F)OCO2)NCc1c(F)cccc1OC(F)F. The summed E-state index contributed by atoms with van der Waals surface area (Å²) in [7, 11) is 1.42. The molecule has 31 heavy (non-hydrogen) atoms. The number of hydrogen-bond acceptors (Lipinski definition) is 5. The molecule has 0 fully saturated rings. The molecule has 7 nitrogen and oxygen atoms in total. The number of aliphatic imine (C=N–C) groups is 1. The van der Waals surface area contributed by atoms with Gasteiger partial charge in [0.25, 0.3) is 0 Å². The molecule has 1 aliphatic heterocycles. The maximum Gasteiger partial charge on any atom is 0.387 e. The molecule has 0 amide bonds. The van der Waals surface area contributed by atoms with Crippen molar-refractivity contribution < 1.29 is 40.9 Å². The molecule has 0 unspecified atom stereocenters. The number of ether oxygens (including phenoxy) is 4. The molecule has 0 saturated heterocycles. The molecule has 2 N–H and O–H groups in total. The second-order valence-electron chi connectivity index (χ2n) is 6.07. The van der Waals surface area contributed by atoms with Gasteiger partial charge in [0.2, 0.25) is 6.79 Å². The number of fused-ring (bicyclic) bond motifs is 1. The molecule has 3 rings (SSSR count). The van der Waals surface area contributed by atoms with Crippen LogP contribution in [-0.2, 0) is 13.1 Å². The van der Waals surface area contributed by atoms with Crippen LogP contribution in [0.2, 0.25) is 0 Å². The van der Waals surface area contributed by atoms with Gasteiger partial charge in [0.05, 0.1) is 0 Å². The molecule has 0 atom stereocenters. The van der Waals surface area contributed by atoms with Crippen LogP contribution in [0.25, 0.3) is 0 Å². The average molecular weight is 447 g/mol. The zero-order valence-electron chi connectivity index (χ0n) is 16.1. The van der Waals surface area contributed by atoms with Crippen LogP contribution in [0.3, 0.4) is 0 Å². The highest BCUT2D eigenvalue weighted by atomic mass is 19.3. The Bertz CT molecular complexity index is 943. The van der Waals surface area contributed by atoms with E-state index in [0.29, 0.717) is 11.3 Å². The fourth-order valence-corrected chi connectivity index (χ4v) is 2.80. The van der Waals surface area contributed by atoms with Crippen molar-refractivity contribution in [2.75, 3.05) is 13.8 Å². The smallest absolute Gasteiger partial charge is 0.387 e. The van der Waals surface area contributed by atoms with E-state index in [9.17, 15) is 22.0 Å². The maximum atomic E-state index is 14.1. The standard InChI is InChI=1S/C19H18F5N3O4/c1-25-19(27-8-11-12(20)3-2-4-13(11)30-17(21)22)26-7-10-5-15-16(29-9-28-15)6-14(10)31-18(23)24/h2-6,17-18H,7-9H2,1H3,(H2,25,26,27). The summed E-state index contributed by atoms with van der Waals surface area (Å²) in [4.78, 5) is 3.94. The van der Waals surface area contributed by atoms with E-state index < -0.39 is 19.0 Å². The van der Waals surface area contributed by atoms with E-state index in [1.807, 2.05) is 0 Å². The first-order chi connectivity index (χ1) is 14.9. The predicted molar refractivity (Wildman–Crippen MR) is 99.3 cm³/mol. The monoisotopic (exact) mass is 447 g/mol. The Kier molecular flexibility index (Phi) is 7.21. The lowest BCUT2D eigenvalue weighted by atomic mass is 10.1. The largest absolute Gasteiger partial charge is 0.454 e. The Morgan fingerprint density at radius 3 is 2.32 bits per heavy atom. The van der Waals surface area contributed by atoms with Gasteiger partial charge in [-0.25, -0.2) is 4.39 Å². The first kappa shape index (κ1) is 22.2. The van der Waals surface area contributed by atoms with Crippen LogP contribution < -0.4 is 29.6 Å². The number of nitrogens with zero attached hydrogens (tertiary/aromatic N) is 1. The summed E-state index contributed by atoms with van der Waals surface area (Å²) >= 11 is 0. The van der Waals surface area contributed by atoms with E-state index in [1.54, 1.807) is 0 Å². The zero-order valence-corrected chi connectivity index (χ0v) is 16.1. The van der Waals surface area contributed by atoms with E-state index in [4.69, 9.17) is 9.47 Å². The number of alkyl halides is 4. The van der Waals surface area contributed by atoms with Crippen LogP contribution in [0, 0.1) is 5.82 Å². The van der Waals surface area contributed by atoms with E-state index in [0.717, 1.165) is 6.07 Å². The van der Waals surface area contributed by atoms with Gasteiger partial charge in [0.1, 0.15) is 17.3 Å². The topological polar surface area (TPSA) is 73.3 Å². The van der Waals surface area contributed by atoms with Crippen molar-refractivity contribution in [3.8, 4) is 23.0 Å². The molecule has 0 radical (unpaired) electrons. The van der Waals surface area contributed by atoms with Crippen molar-refractivity contribution in [1.82, 2.24) is 10.6 Å². The van der Waals surface area contributed by atoms with Gasteiger partial charge in [-0.2, -0.15) is 17.6 Å². The van der Waals surface area contributed by atoms with Crippen LogP contribution in [0.15, 0.2) is 35.3 Å². The van der Waals surface area contributed by atoms with Crippen molar-refractivity contribution in [2.24, 2.45) is 4.99 Å². The highest BCUT2D eigenvalue weighted by Crippen LogP contribution is 2.38. The number of benzene rings is 2. The fraction of sp³-hybridized carbons (Fsp3) is 0.316. The molecule has 0 aromatic heterocycles. The van der Waals surface area contributed by atoms with Gasteiger partial charge in [-0.15, -0.1) is 0 Å². The van der Waals surface area contributed by atoms with Gasteiger partial charge in [0.15, 0.2) is 17.5 Å². The van der Waals surface area contributed by atoms with Crippen LogP contribution >= 0.6 is 0 Å². The number of rotatable bonds is 8. The Morgan fingerprint density at radius 2 is 1.65 bits per heavy atom. The molecular formula is C19H18F5N3O4. The van der Waals surface area contributed by atoms with Gasteiger partial charge in [0, 0.05) is 37.3 Å². The Hall–Kier alpha value is -3.44. The van der Waals surface area contributed by atoms with E-state index in [-0.39, 0.29) is 48.7 Å². The fourth-order valence-electron chi connectivity index (χ4n) is 2.80. The average Bonchev–Trinajstić information content (AvgIpc) is 3.16. The first-order valence-electron chi connectivity index (χ1n) is 8.91. The summed E-state index contributed by atoms with van der Waals surface area (Å²) in [5.74, 6) is -0.406. The minimum atomic E-state index is -3.11. The minimum absolute atomic E-state index is 0.0178. The van der Waals surface area contributed by atoms with E-state index in [2.05, 4.69) is 25.1 Å². The summed E-state index contributed by atoms with van der Waals surface area (Å²) in [5, 5.41) is 5.60. The Labute approximate surface area is 173 Å². The molecule has 0 bridgehead atoms. The van der Waals surface area contributed by atoms with Crippen LogP contribution in [0.1, 0.15) is 11.1 Å². The first-order valence-corrected chi connectivity index (χ1v) is 8.91. The lowest BCUT2D eigenvalue weighted by Gasteiger charge is -2.16. The highest BCUT2D eigenvalue weighted by molar-refractivity contribution is 5.79. The van der Waals surface area contributed by atoms with Crippen LogP contribution in [-0.4, -0.2) is 33.0 Å². The molecule has 12 heteroatoms. The van der Waals surface area contributed by atoms with Crippen molar-refractivity contribution in [1.29, 1.82) is 0 Å². The number of guanidine groups is 1. The van der Waals surface area contributed by atoms with E-state index in [1.165, 1.54) is 31.3 Å². The molecule has 168 valence electrons. The molecule has 1 aliphatic rings. The third-order valence-electron chi connectivity index (χ3n) is 4.17. The summed E-state index contributed by atoms with van der Waals surface area (Å²) in [6, 6.07) is 6.32. The quantitative estimate of drug-likeness (QED) is 0.366. The van der Waals surface area contributed by atoms with Gasteiger partial charge < -0.3 is 29.6 Å². The molecule has 2 aromatic rings. The van der Waals surface area contributed by atoms with E-state index >= 15 is 0 Å². The maximum absolute atomic E-state index is 14.1. The van der Waals surface area contributed by atoms with Crippen molar-refractivity contribution >= 4 is 5.96 Å². The van der Waals surface area contributed by atoms with Gasteiger partial charge in [-0.05, 0) is 18.2 Å². The molecule has 0 saturated carbocycles. The summed E-state index contributed by atoms with van der Waals surface area (Å²) < 4.78 is 83.9. The second-order valence-corrected chi connectivity index (χ2v) is 6.07. The lowest BCUT2D eigenvalue weighted by molar-refractivity contribution is -0.0512. The molecule has 0 spiro atoms. The minimum Gasteiger partial charge on any atom is -0.454 e. The predicted octanol–water partition coefficient (Wildman–Crippen LogP) is 3.62. The highest BCUT2D eigenvalue weighted by Gasteiger charge is 2.20. The summed E-state index contributed by atoms with van der Waals surface area (Å²) in [6.07, 6.45) is 0. The molecule has 0 aliphatic carbocycles. The van der Waals surface area contributed by atoms with Crippen LogP contribution in [0.4, 0.5) is 22.0 Å². The summed E-state index contributed by atoms with van der Waals surface area (Å²) in [6.45, 7) is -6.45. The normalized spacial score (nSPS) is 13.0. The van der Waals surface area contributed by atoms with Gasteiger partial charge >= 0.3 is 13.2 Å². The molecule has 1 heterocycles. The van der Waals surface area contributed by atoms with Crippen molar-refractivity contribution in [3.05, 3.63) is 47.3 Å². The third-order valence-corrected chi connectivity index (χ3v) is 4.17. The molecular weight excluding hydrogens is 429 g/mol. The second kappa shape index (κ2) is 10.0. The van der Waals surface area contributed by atoms with Crippen LogP contribution in [0.5, 0.6) is 23.0 Å². The number of halogens is 5. The number of hydrogen-bond donors (Lipinski definition) is 2. The van der Waals surface area contributed by atoms with Gasteiger partial charge in [-0.3, -0.25) is 4.99 Å². The summed E-state index contributed by atoms with van der Waals surface area (Å²) in [5.41, 5.74) is 0.190. The van der Waals surface area contributed by atoms with Crippen molar-refractivity contribution in [2.45, 2.75) is 26.3 Å². The molecule has 2 aromatic carbocycles.